The van der Waals surface area contributed by atoms with Crippen LogP contribution in [0, 0.1) is 0 Å². The Kier molecular flexibility index (Phi) is 5.58. The molecule has 2 aromatic rings. The summed E-state index contributed by atoms with van der Waals surface area (Å²) in [5.74, 6) is 0.314. The number of carbonyl (C=O) groups is 1. The van der Waals surface area contributed by atoms with E-state index < -0.39 is 0 Å². The first-order valence-corrected chi connectivity index (χ1v) is 8.19. The van der Waals surface area contributed by atoms with Gasteiger partial charge in [0.1, 0.15) is 5.82 Å². The highest BCUT2D eigenvalue weighted by Crippen LogP contribution is 2.26. The van der Waals surface area contributed by atoms with Gasteiger partial charge in [-0.1, -0.05) is 18.2 Å². The fourth-order valence-electron chi connectivity index (χ4n) is 2.57. The maximum absolute atomic E-state index is 12.5. The van der Waals surface area contributed by atoms with Crippen molar-refractivity contribution in [1.29, 1.82) is 0 Å². The van der Waals surface area contributed by atoms with Crippen molar-refractivity contribution in [2.45, 2.75) is 0 Å². The van der Waals surface area contributed by atoms with Gasteiger partial charge in [-0.15, -0.1) is 16.8 Å². The second-order valence-electron chi connectivity index (χ2n) is 5.54. The van der Waals surface area contributed by atoms with Gasteiger partial charge in [0.15, 0.2) is 5.69 Å². The van der Waals surface area contributed by atoms with Crippen LogP contribution in [0.3, 0.4) is 0 Å². The molecule has 0 atom stereocenters. The molecule has 1 saturated heterocycles. The molecule has 0 saturated carbocycles. The fraction of sp³-hybridized carbons (Fsp3) is 0.278. The number of para-hydroxylation sites is 2. The van der Waals surface area contributed by atoms with Crippen molar-refractivity contribution in [2.24, 2.45) is 0 Å². The predicted octanol–water partition coefficient (Wildman–Crippen LogP) is 2.16. The summed E-state index contributed by atoms with van der Waals surface area (Å²) in [7, 11) is 0. The van der Waals surface area contributed by atoms with Crippen LogP contribution < -0.4 is 15.5 Å². The molecule has 7 nitrogen and oxygen atoms in total. The van der Waals surface area contributed by atoms with Crippen molar-refractivity contribution >= 4 is 23.1 Å². The molecule has 1 amide bonds. The Morgan fingerprint density at radius 3 is 2.72 bits per heavy atom. The fourth-order valence-corrected chi connectivity index (χ4v) is 2.57. The second-order valence-corrected chi connectivity index (χ2v) is 5.54. The Hall–Kier alpha value is -2.93. The number of carbonyl (C=O) groups excluding carboxylic acids is 1. The van der Waals surface area contributed by atoms with Gasteiger partial charge in [-0.25, -0.2) is 0 Å². The lowest BCUT2D eigenvalue weighted by Gasteiger charge is -2.30. The Morgan fingerprint density at radius 1 is 1.20 bits per heavy atom. The lowest BCUT2D eigenvalue weighted by atomic mass is 10.2. The second kappa shape index (κ2) is 8.25. The number of hydrogen-bond acceptors (Lipinski definition) is 6. The number of ether oxygens (including phenoxy) is 1. The standard InChI is InChI=1S/C18H21N5O2/c1-2-9-19-17-8-7-15(21-22-17)18(24)20-14-5-3-4-6-16(14)23-10-12-25-13-11-23/h2-8H,1,9-13H2,(H,19,22)(H,20,24). The van der Waals surface area contributed by atoms with Crippen molar-refractivity contribution in [3.63, 3.8) is 0 Å². The van der Waals surface area contributed by atoms with Crippen molar-refractivity contribution in [3.05, 3.63) is 54.7 Å². The minimum Gasteiger partial charge on any atom is -0.378 e. The van der Waals surface area contributed by atoms with Crippen LogP contribution in [0.5, 0.6) is 0 Å². The molecular formula is C18H21N5O2. The summed E-state index contributed by atoms with van der Waals surface area (Å²) >= 11 is 0. The molecule has 25 heavy (non-hydrogen) atoms. The van der Waals surface area contributed by atoms with Crippen LogP contribution in [-0.4, -0.2) is 49.0 Å². The third-order valence-electron chi connectivity index (χ3n) is 3.83. The van der Waals surface area contributed by atoms with Crippen LogP contribution in [0.25, 0.3) is 0 Å². The molecule has 1 aromatic heterocycles. The van der Waals surface area contributed by atoms with Gasteiger partial charge in [-0.05, 0) is 24.3 Å². The number of anilines is 3. The average molecular weight is 339 g/mol. The van der Waals surface area contributed by atoms with Crippen LogP contribution in [0.4, 0.5) is 17.2 Å². The van der Waals surface area contributed by atoms with E-state index in [0.29, 0.717) is 25.6 Å². The smallest absolute Gasteiger partial charge is 0.276 e. The summed E-state index contributed by atoms with van der Waals surface area (Å²) in [4.78, 5) is 14.7. The topological polar surface area (TPSA) is 79.4 Å². The van der Waals surface area contributed by atoms with E-state index in [2.05, 4.69) is 32.3 Å². The molecule has 2 heterocycles. The zero-order valence-electron chi connectivity index (χ0n) is 13.9. The normalized spacial score (nSPS) is 14.0. The quantitative estimate of drug-likeness (QED) is 0.785. The third kappa shape index (κ3) is 4.33. The molecule has 2 N–H and O–H groups in total. The molecule has 130 valence electrons. The van der Waals surface area contributed by atoms with E-state index in [1.165, 1.54) is 0 Å². The van der Waals surface area contributed by atoms with Crippen molar-refractivity contribution < 1.29 is 9.53 Å². The van der Waals surface area contributed by atoms with Gasteiger partial charge in [0, 0.05) is 19.6 Å². The van der Waals surface area contributed by atoms with E-state index in [1.54, 1.807) is 18.2 Å². The zero-order valence-corrected chi connectivity index (χ0v) is 13.9. The van der Waals surface area contributed by atoms with E-state index in [9.17, 15) is 4.79 Å². The molecule has 0 radical (unpaired) electrons. The first kappa shape index (κ1) is 16.9. The van der Waals surface area contributed by atoms with Gasteiger partial charge in [0.05, 0.1) is 24.6 Å². The van der Waals surface area contributed by atoms with Crippen LogP contribution in [-0.2, 0) is 4.74 Å². The SMILES string of the molecule is C=CCNc1ccc(C(=O)Nc2ccccc2N2CCOCC2)nn1. The molecule has 1 fully saturated rings. The van der Waals surface area contributed by atoms with Crippen LogP contribution >= 0.6 is 0 Å². The number of benzene rings is 1. The number of hydrogen-bond donors (Lipinski definition) is 2. The Labute approximate surface area is 146 Å². The largest absolute Gasteiger partial charge is 0.378 e. The number of nitrogens with zero attached hydrogens (tertiary/aromatic N) is 3. The van der Waals surface area contributed by atoms with E-state index in [4.69, 9.17) is 4.74 Å². The van der Waals surface area contributed by atoms with Crippen molar-refractivity contribution in [3.8, 4) is 0 Å². The number of aromatic nitrogens is 2. The van der Waals surface area contributed by atoms with Gasteiger partial charge in [0.25, 0.3) is 5.91 Å². The van der Waals surface area contributed by atoms with E-state index in [-0.39, 0.29) is 11.6 Å². The van der Waals surface area contributed by atoms with Gasteiger partial charge in [0.2, 0.25) is 0 Å². The summed E-state index contributed by atoms with van der Waals surface area (Å²) in [5.41, 5.74) is 2.00. The minimum absolute atomic E-state index is 0.265. The van der Waals surface area contributed by atoms with Gasteiger partial charge in [-0.2, -0.15) is 0 Å². The van der Waals surface area contributed by atoms with Crippen LogP contribution in [0.1, 0.15) is 10.5 Å². The van der Waals surface area contributed by atoms with E-state index in [0.717, 1.165) is 24.5 Å². The Balaban J connectivity index is 1.71. The molecule has 1 aliphatic heterocycles. The molecule has 0 aliphatic carbocycles. The molecule has 0 bridgehead atoms. The predicted molar refractivity (Wildman–Crippen MR) is 98.1 cm³/mol. The first-order chi connectivity index (χ1) is 12.3. The van der Waals surface area contributed by atoms with E-state index in [1.807, 2.05) is 24.3 Å². The molecule has 1 aliphatic rings. The molecule has 0 unspecified atom stereocenters. The van der Waals surface area contributed by atoms with Crippen molar-refractivity contribution in [2.75, 3.05) is 48.4 Å². The summed E-state index contributed by atoms with van der Waals surface area (Å²) in [5, 5.41) is 13.9. The van der Waals surface area contributed by atoms with Crippen LogP contribution in [0.15, 0.2) is 49.1 Å². The summed E-state index contributed by atoms with van der Waals surface area (Å²) in [6.07, 6.45) is 1.73. The highest BCUT2D eigenvalue weighted by Gasteiger charge is 2.17. The van der Waals surface area contributed by atoms with Crippen LogP contribution in [0.2, 0.25) is 0 Å². The highest BCUT2D eigenvalue weighted by molar-refractivity contribution is 6.04. The van der Waals surface area contributed by atoms with Gasteiger partial charge in [-0.3, -0.25) is 4.79 Å². The number of morpholine rings is 1. The number of amides is 1. The summed E-state index contributed by atoms with van der Waals surface area (Å²) < 4.78 is 5.39. The maximum atomic E-state index is 12.5. The van der Waals surface area contributed by atoms with Crippen molar-refractivity contribution in [1.82, 2.24) is 10.2 Å². The van der Waals surface area contributed by atoms with E-state index >= 15 is 0 Å². The lowest BCUT2D eigenvalue weighted by molar-refractivity contribution is 0.102. The molecule has 0 spiro atoms. The molecule has 3 rings (SSSR count). The maximum Gasteiger partial charge on any atom is 0.276 e. The molecular weight excluding hydrogens is 318 g/mol. The summed E-state index contributed by atoms with van der Waals surface area (Å²) in [6.45, 7) is 7.20. The Morgan fingerprint density at radius 2 is 2.00 bits per heavy atom. The summed E-state index contributed by atoms with van der Waals surface area (Å²) in [6, 6.07) is 11.1. The highest BCUT2D eigenvalue weighted by atomic mass is 16.5. The number of rotatable bonds is 6. The third-order valence-corrected chi connectivity index (χ3v) is 3.83. The lowest BCUT2D eigenvalue weighted by Crippen LogP contribution is -2.36. The molecule has 7 heteroatoms. The van der Waals surface area contributed by atoms with Gasteiger partial charge >= 0.3 is 0 Å². The first-order valence-electron chi connectivity index (χ1n) is 8.19. The Bertz CT molecular complexity index is 727. The average Bonchev–Trinajstić information content (AvgIpc) is 2.68. The van der Waals surface area contributed by atoms with Gasteiger partial charge < -0.3 is 20.3 Å². The monoisotopic (exact) mass is 339 g/mol. The number of nitrogens with one attached hydrogen (secondary N) is 2. The zero-order chi connectivity index (χ0) is 17.5. The molecule has 1 aromatic carbocycles. The minimum atomic E-state index is -0.288.